The number of Topliss-reactive ketones (excluding diaryl/α,β-unsaturated/α-hetero) is 1. The van der Waals surface area contributed by atoms with Crippen LogP contribution in [0.5, 0.6) is 0 Å². The predicted octanol–water partition coefficient (Wildman–Crippen LogP) is 3.78. The van der Waals surface area contributed by atoms with Crippen molar-refractivity contribution in [1.82, 2.24) is 4.98 Å². The SMILES string of the molecule is CC1CCC(=O)C(Cc2cccc3cccnc23)C1. The highest BCUT2D eigenvalue weighted by atomic mass is 16.1. The zero-order valence-electron chi connectivity index (χ0n) is 11.3. The summed E-state index contributed by atoms with van der Waals surface area (Å²) < 4.78 is 0. The second-order valence-corrected chi connectivity index (χ2v) is 5.74. The number of para-hydroxylation sites is 1. The second-order valence-electron chi connectivity index (χ2n) is 5.74. The van der Waals surface area contributed by atoms with Gasteiger partial charge in [0.15, 0.2) is 0 Å². The molecule has 2 aromatic rings. The predicted molar refractivity (Wildman–Crippen MR) is 77.0 cm³/mol. The van der Waals surface area contributed by atoms with E-state index in [0.717, 1.165) is 36.6 Å². The number of aromatic nitrogens is 1. The maximum absolute atomic E-state index is 12.1. The van der Waals surface area contributed by atoms with Crippen molar-refractivity contribution in [2.75, 3.05) is 0 Å². The van der Waals surface area contributed by atoms with E-state index in [1.165, 1.54) is 5.56 Å². The Kier molecular flexibility index (Phi) is 3.33. The summed E-state index contributed by atoms with van der Waals surface area (Å²) in [5.74, 6) is 1.30. The molecule has 1 fully saturated rings. The number of benzene rings is 1. The fourth-order valence-electron chi connectivity index (χ4n) is 3.12. The number of hydrogen-bond donors (Lipinski definition) is 0. The van der Waals surface area contributed by atoms with Crippen LogP contribution in [-0.2, 0) is 11.2 Å². The van der Waals surface area contributed by atoms with Gasteiger partial charge in [-0.2, -0.15) is 0 Å². The summed E-state index contributed by atoms with van der Waals surface area (Å²) >= 11 is 0. The number of carbonyl (C=O) groups is 1. The molecule has 98 valence electrons. The van der Waals surface area contributed by atoms with E-state index >= 15 is 0 Å². The summed E-state index contributed by atoms with van der Waals surface area (Å²) in [6.45, 7) is 2.25. The number of carbonyl (C=O) groups excluding carboxylic acids is 1. The smallest absolute Gasteiger partial charge is 0.136 e. The van der Waals surface area contributed by atoms with Crippen molar-refractivity contribution in [2.24, 2.45) is 11.8 Å². The molecule has 1 aromatic carbocycles. The van der Waals surface area contributed by atoms with E-state index in [-0.39, 0.29) is 5.92 Å². The highest BCUT2D eigenvalue weighted by molar-refractivity contribution is 5.85. The van der Waals surface area contributed by atoms with Crippen molar-refractivity contribution in [1.29, 1.82) is 0 Å². The molecule has 2 heteroatoms. The van der Waals surface area contributed by atoms with E-state index in [1.807, 2.05) is 12.3 Å². The molecule has 0 aliphatic heterocycles. The second kappa shape index (κ2) is 5.12. The topological polar surface area (TPSA) is 30.0 Å². The van der Waals surface area contributed by atoms with Gasteiger partial charge in [-0.3, -0.25) is 9.78 Å². The normalized spacial score (nSPS) is 23.7. The van der Waals surface area contributed by atoms with Gasteiger partial charge < -0.3 is 0 Å². The van der Waals surface area contributed by atoms with E-state index in [2.05, 4.69) is 36.2 Å². The summed E-state index contributed by atoms with van der Waals surface area (Å²) in [7, 11) is 0. The monoisotopic (exact) mass is 253 g/mol. The summed E-state index contributed by atoms with van der Waals surface area (Å²) in [6.07, 6.45) is 5.52. The lowest BCUT2D eigenvalue weighted by molar-refractivity contribution is -0.125. The molecule has 1 heterocycles. The van der Waals surface area contributed by atoms with E-state index < -0.39 is 0 Å². The molecule has 2 nitrogen and oxygen atoms in total. The lowest BCUT2D eigenvalue weighted by atomic mass is 9.78. The van der Waals surface area contributed by atoms with Gasteiger partial charge >= 0.3 is 0 Å². The first-order chi connectivity index (χ1) is 9.24. The molecule has 1 aliphatic rings. The van der Waals surface area contributed by atoms with Gasteiger partial charge in [-0.25, -0.2) is 0 Å². The van der Waals surface area contributed by atoms with Crippen LogP contribution in [0.3, 0.4) is 0 Å². The minimum absolute atomic E-state index is 0.191. The van der Waals surface area contributed by atoms with Crippen LogP contribution in [0.4, 0.5) is 0 Å². The molecule has 0 amide bonds. The highest BCUT2D eigenvalue weighted by Crippen LogP contribution is 2.30. The summed E-state index contributed by atoms with van der Waals surface area (Å²) in [5.41, 5.74) is 2.27. The molecule has 1 saturated carbocycles. The Morgan fingerprint density at radius 2 is 2.11 bits per heavy atom. The molecule has 2 unspecified atom stereocenters. The fraction of sp³-hybridized carbons (Fsp3) is 0.412. The average molecular weight is 253 g/mol. The Morgan fingerprint density at radius 3 is 3.00 bits per heavy atom. The van der Waals surface area contributed by atoms with Crippen molar-refractivity contribution >= 4 is 16.7 Å². The third kappa shape index (κ3) is 2.53. The molecule has 0 saturated heterocycles. The summed E-state index contributed by atoms with van der Waals surface area (Å²) in [6, 6.07) is 10.3. The van der Waals surface area contributed by atoms with Gasteiger partial charge in [0.2, 0.25) is 0 Å². The largest absolute Gasteiger partial charge is 0.299 e. The zero-order chi connectivity index (χ0) is 13.2. The number of pyridine rings is 1. The Morgan fingerprint density at radius 1 is 1.26 bits per heavy atom. The van der Waals surface area contributed by atoms with Crippen molar-refractivity contribution in [3.8, 4) is 0 Å². The number of nitrogens with zero attached hydrogens (tertiary/aromatic N) is 1. The third-order valence-electron chi connectivity index (χ3n) is 4.21. The number of rotatable bonds is 2. The number of hydrogen-bond acceptors (Lipinski definition) is 2. The molecule has 2 atom stereocenters. The van der Waals surface area contributed by atoms with Gasteiger partial charge in [0, 0.05) is 23.9 Å². The minimum Gasteiger partial charge on any atom is -0.299 e. The number of fused-ring (bicyclic) bond motifs is 1. The van der Waals surface area contributed by atoms with Crippen LogP contribution < -0.4 is 0 Å². The van der Waals surface area contributed by atoms with Crippen LogP contribution in [0.15, 0.2) is 36.5 Å². The van der Waals surface area contributed by atoms with Crippen molar-refractivity contribution in [3.63, 3.8) is 0 Å². The molecule has 1 aromatic heterocycles. The molecule has 1 aliphatic carbocycles. The molecule has 19 heavy (non-hydrogen) atoms. The van der Waals surface area contributed by atoms with Crippen LogP contribution in [0.25, 0.3) is 10.9 Å². The van der Waals surface area contributed by atoms with E-state index in [4.69, 9.17) is 0 Å². The molecular formula is C17H19NO. The van der Waals surface area contributed by atoms with Crippen LogP contribution in [-0.4, -0.2) is 10.8 Å². The Balaban J connectivity index is 1.90. The first-order valence-electron chi connectivity index (χ1n) is 7.09. The lowest BCUT2D eigenvalue weighted by Crippen LogP contribution is -2.25. The fourth-order valence-corrected chi connectivity index (χ4v) is 3.12. The zero-order valence-corrected chi connectivity index (χ0v) is 11.3. The maximum atomic E-state index is 12.1. The van der Waals surface area contributed by atoms with Crippen molar-refractivity contribution in [2.45, 2.75) is 32.6 Å². The van der Waals surface area contributed by atoms with Gasteiger partial charge in [0.25, 0.3) is 0 Å². The Labute approximate surface area is 113 Å². The van der Waals surface area contributed by atoms with Gasteiger partial charge in [-0.05, 0) is 36.8 Å². The third-order valence-corrected chi connectivity index (χ3v) is 4.21. The van der Waals surface area contributed by atoms with Crippen molar-refractivity contribution in [3.05, 3.63) is 42.1 Å². The molecule has 0 spiro atoms. The Hall–Kier alpha value is -1.70. The lowest BCUT2D eigenvalue weighted by Gasteiger charge is -2.25. The molecule has 0 radical (unpaired) electrons. The van der Waals surface area contributed by atoms with Crippen LogP contribution in [0, 0.1) is 11.8 Å². The molecule has 3 rings (SSSR count). The van der Waals surface area contributed by atoms with Gasteiger partial charge in [0.1, 0.15) is 5.78 Å². The standard InChI is InChI=1S/C17H19NO/c1-12-7-8-16(19)15(10-12)11-14-5-2-4-13-6-3-9-18-17(13)14/h2-6,9,12,15H,7-8,10-11H2,1H3. The summed E-state index contributed by atoms with van der Waals surface area (Å²) in [5, 5.41) is 1.16. The first kappa shape index (κ1) is 12.3. The molecule has 0 N–H and O–H groups in total. The van der Waals surface area contributed by atoms with Gasteiger partial charge in [-0.1, -0.05) is 31.2 Å². The quantitative estimate of drug-likeness (QED) is 0.815. The van der Waals surface area contributed by atoms with Gasteiger partial charge in [0.05, 0.1) is 5.52 Å². The van der Waals surface area contributed by atoms with Crippen LogP contribution in [0.2, 0.25) is 0 Å². The van der Waals surface area contributed by atoms with Crippen molar-refractivity contribution < 1.29 is 4.79 Å². The highest BCUT2D eigenvalue weighted by Gasteiger charge is 2.26. The van der Waals surface area contributed by atoms with E-state index in [9.17, 15) is 4.79 Å². The summed E-state index contributed by atoms with van der Waals surface area (Å²) in [4.78, 5) is 16.5. The van der Waals surface area contributed by atoms with E-state index in [0.29, 0.717) is 11.7 Å². The maximum Gasteiger partial charge on any atom is 0.136 e. The van der Waals surface area contributed by atoms with Gasteiger partial charge in [-0.15, -0.1) is 0 Å². The number of ketones is 1. The minimum atomic E-state index is 0.191. The average Bonchev–Trinajstić information content (AvgIpc) is 2.43. The van der Waals surface area contributed by atoms with Crippen LogP contribution in [0.1, 0.15) is 31.7 Å². The molecular weight excluding hydrogens is 234 g/mol. The Bertz CT molecular complexity index is 600. The molecule has 0 bridgehead atoms. The van der Waals surface area contributed by atoms with E-state index in [1.54, 1.807) is 0 Å². The first-order valence-corrected chi connectivity index (χ1v) is 7.09. The van der Waals surface area contributed by atoms with Crippen LogP contribution >= 0.6 is 0 Å².